The second-order valence-corrected chi connectivity index (χ2v) is 13.5. The van der Waals surface area contributed by atoms with Gasteiger partial charge in [-0.3, -0.25) is 0 Å². The zero-order valence-corrected chi connectivity index (χ0v) is 23.8. The number of aromatic nitrogens is 2. The van der Waals surface area contributed by atoms with Crippen LogP contribution in [0.3, 0.4) is 0 Å². The second kappa shape index (κ2) is 11.6. The van der Waals surface area contributed by atoms with Gasteiger partial charge in [0, 0.05) is 24.0 Å². The molecule has 5 fully saturated rings. The Labute approximate surface area is 237 Å². The van der Waals surface area contributed by atoms with E-state index in [4.69, 9.17) is 4.98 Å². The van der Waals surface area contributed by atoms with Gasteiger partial charge in [0.2, 0.25) is 5.95 Å². The van der Waals surface area contributed by atoms with Crippen molar-refractivity contribution in [2.45, 2.75) is 81.4 Å². The minimum atomic E-state index is -0.0741. The Hall–Kier alpha value is -2.34. The topological polar surface area (TPSA) is 106 Å². The van der Waals surface area contributed by atoms with Gasteiger partial charge in [0.1, 0.15) is 17.5 Å². The van der Waals surface area contributed by atoms with Gasteiger partial charge in [0.05, 0.1) is 12.3 Å². The molecule has 8 heteroatoms. The van der Waals surface area contributed by atoms with Crippen molar-refractivity contribution in [3.63, 3.8) is 0 Å². The molecule has 39 heavy (non-hydrogen) atoms. The molecule has 4 N–H and O–H groups in total. The number of thioether (sulfide) groups is 1. The van der Waals surface area contributed by atoms with Crippen LogP contribution in [0, 0.1) is 40.4 Å². The van der Waals surface area contributed by atoms with Crippen molar-refractivity contribution >= 4 is 23.5 Å². The number of hydrogen-bond donors (Lipinski definition) is 4. The summed E-state index contributed by atoms with van der Waals surface area (Å²) in [4.78, 5) is 10.4. The fraction of sp³-hybridized carbons (Fsp3) is 0.645. The molecule has 1 heterocycles. The summed E-state index contributed by atoms with van der Waals surface area (Å²) < 4.78 is 0. The highest BCUT2D eigenvalue weighted by Gasteiger charge is 2.55. The lowest BCUT2D eigenvalue weighted by Gasteiger charge is -2.60. The fourth-order valence-electron chi connectivity index (χ4n) is 8.37. The van der Waals surface area contributed by atoms with Crippen molar-refractivity contribution in [2.24, 2.45) is 29.1 Å². The average molecular weight is 547 g/mol. The van der Waals surface area contributed by atoms with Crippen LogP contribution in [0.2, 0.25) is 0 Å². The number of nitrogens with zero attached hydrogens (tertiary/aromatic N) is 3. The SMILES string of the molecule is CSc1ccccc1CNc1ncc(C#N)c(NC[C@]23CC4C[C@H](C2)C(NC[C@H]2CC[C@H](O)CC2)[C@@H](C4)C3)n1. The van der Waals surface area contributed by atoms with E-state index in [1.807, 2.05) is 0 Å². The zero-order valence-electron chi connectivity index (χ0n) is 23.0. The largest absolute Gasteiger partial charge is 0.393 e. The number of aliphatic hydroxyl groups excluding tert-OH is 1. The maximum atomic E-state index is 9.86. The predicted octanol–water partition coefficient (Wildman–Crippen LogP) is 5.43. The van der Waals surface area contributed by atoms with Crippen LogP contribution in [0.5, 0.6) is 0 Å². The third kappa shape index (κ3) is 5.91. The quantitative estimate of drug-likeness (QED) is 0.292. The summed E-state index contributed by atoms with van der Waals surface area (Å²) in [6.07, 6.45) is 14.5. The summed E-state index contributed by atoms with van der Waals surface area (Å²) in [7, 11) is 0. The highest BCUT2D eigenvalue weighted by molar-refractivity contribution is 7.98. The third-order valence-corrected chi connectivity index (χ3v) is 10.9. The molecule has 0 amide bonds. The molecular weight excluding hydrogens is 504 g/mol. The summed E-state index contributed by atoms with van der Waals surface area (Å²) in [6.45, 7) is 2.64. The smallest absolute Gasteiger partial charge is 0.224 e. The van der Waals surface area contributed by atoms with Gasteiger partial charge in [-0.1, -0.05) is 18.2 Å². The van der Waals surface area contributed by atoms with Gasteiger partial charge in [-0.2, -0.15) is 10.2 Å². The summed E-state index contributed by atoms with van der Waals surface area (Å²) >= 11 is 1.74. The summed E-state index contributed by atoms with van der Waals surface area (Å²) in [5, 5.41) is 30.6. The van der Waals surface area contributed by atoms with Crippen LogP contribution in [0.4, 0.5) is 11.8 Å². The van der Waals surface area contributed by atoms with Crippen LogP contribution >= 0.6 is 11.8 Å². The maximum Gasteiger partial charge on any atom is 0.224 e. The highest BCUT2D eigenvalue weighted by atomic mass is 32.2. The lowest BCUT2D eigenvalue weighted by molar-refractivity contribution is -0.0704. The van der Waals surface area contributed by atoms with E-state index >= 15 is 0 Å². The maximum absolute atomic E-state index is 9.86. The van der Waals surface area contributed by atoms with E-state index in [2.05, 4.69) is 57.5 Å². The number of nitriles is 1. The van der Waals surface area contributed by atoms with E-state index in [1.165, 1.54) is 42.6 Å². The van der Waals surface area contributed by atoms with Gasteiger partial charge in [-0.05, 0) is 111 Å². The van der Waals surface area contributed by atoms with Crippen LogP contribution in [-0.2, 0) is 6.54 Å². The van der Waals surface area contributed by atoms with E-state index in [0.717, 1.165) is 62.4 Å². The van der Waals surface area contributed by atoms with Crippen LogP contribution in [0.25, 0.3) is 0 Å². The molecule has 1 aromatic heterocycles. The Morgan fingerprint density at radius 2 is 1.85 bits per heavy atom. The summed E-state index contributed by atoms with van der Waals surface area (Å²) in [6, 6.07) is 11.3. The van der Waals surface area contributed by atoms with Gasteiger partial charge in [0.25, 0.3) is 0 Å². The minimum absolute atomic E-state index is 0.0741. The molecule has 7 nitrogen and oxygen atoms in total. The lowest BCUT2D eigenvalue weighted by atomic mass is 9.48. The van der Waals surface area contributed by atoms with Gasteiger partial charge >= 0.3 is 0 Å². The molecule has 5 atom stereocenters. The molecular formula is C31H42N6OS. The molecule has 208 valence electrons. The number of benzene rings is 1. The van der Waals surface area contributed by atoms with Crippen molar-refractivity contribution in [3.05, 3.63) is 41.6 Å². The molecule has 4 bridgehead atoms. The predicted molar refractivity (Wildman–Crippen MR) is 157 cm³/mol. The van der Waals surface area contributed by atoms with E-state index in [9.17, 15) is 10.4 Å². The van der Waals surface area contributed by atoms with E-state index in [1.54, 1.807) is 18.0 Å². The minimum Gasteiger partial charge on any atom is -0.393 e. The molecule has 7 rings (SSSR count). The normalized spacial score (nSPS) is 33.1. The molecule has 5 saturated carbocycles. The Morgan fingerprint density at radius 3 is 2.59 bits per heavy atom. The standard InChI is InChI=1S/C31H42N6OS/c1-39-27-5-3-2-4-22(27)17-34-30-35-18-25(15-32)29(37-30)36-19-31-12-21-10-23(13-31)28(24(11-21)14-31)33-16-20-6-8-26(38)9-7-20/h2-5,18,20-21,23-24,26,28,33,38H,6-14,16-17,19H2,1H3,(H2,34,35,36,37)/t20-,21?,23-,24+,26-,28?,31-. The molecule has 0 spiro atoms. The van der Waals surface area contributed by atoms with E-state index in [-0.39, 0.29) is 6.10 Å². The number of rotatable bonds is 10. The second-order valence-electron chi connectivity index (χ2n) is 12.7. The highest BCUT2D eigenvalue weighted by Crippen LogP contribution is 2.60. The Kier molecular flexibility index (Phi) is 8.02. The molecule has 0 aliphatic heterocycles. The number of anilines is 2. The van der Waals surface area contributed by atoms with Crippen LogP contribution in [0.15, 0.2) is 35.4 Å². The molecule has 1 aromatic carbocycles. The van der Waals surface area contributed by atoms with E-state index < -0.39 is 0 Å². The molecule has 5 aliphatic rings. The van der Waals surface area contributed by atoms with Crippen molar-refractivity contribution in [2.75, 3.05) is 30.0 Å². The van der Waals surface area contributed by atoms with Crippen LogP contribution in [-0.4, -0.2) is 46.6 Å². The third-order valence-electron chi connectivity index (χ3n) is 10.0. The van der Waals surface area contributed by atoms with Crippen molar-refractivity contribution in [1.82, 2.24) is 15.3 Å². The first-order valence-corrected chi connectivity index (χ1v) is 16.0. The van der Waals surface area contributed by atoms with Crippen LogP contribution < -0.4 is 16.0 Å². The molecule has 0 radical (unpaired) electrons. The van der Waals surface area contributed by atoms with Crippen molar-refractivity contribution in [3.8, 4) is 6.07 Å². The Morgan fingerprint density at radius 1 is 1.08 bits per heavy atom. The molecule has 2 aromatic rings. The van der Waals surface area contributed by atoms with Gasteiger partial charge in [0.15, 0.2) is 0 Å². The van der Waals surface area contributed by atoms with Crippen molar-refractivity contribution in [1.29, 1.82) is 5.26 Å². The molecule has 2 unspecified atom stereocenters. The number of aliphatic hydroxyl groups is 1. The monoisotopic (exact) mass is 546 g/mol. The van der Waals surface area contributed by atoms with Gasteiger partial charge in [-0.15, -0.1) is 11.8 Å². The molecule has 0 saturated heterocycles. The Balaban J connectivity index is 1.08. The number of nitrogens with one attached hydrogen (secondary N) is 3. The summed E-state index contributed by atoms with van der Waals surface area (Å²) in [5.41, 5.74) is 2.02. The Bertz CT molecular complexity index is 1180. The van der Waals surface area contributed by atoms with Crippen LogP contribution in [0.1, 0.15) is 68.9 Å². The lowest BCUT2D eigenvalue weighted by Crippen LogP contribution is -2.60. The van der Waals surface area contributed by atoms with Gasteiger partial charge in [-0.25, -0.2) is 4.98 Å². The zero-order chi connectivity index (χ0) is 26.8. The first-order chi connectivity index (χ1) is 19.0. The number of hydrogen-bond acceptors (Lipinski definition) is 8. The first kappa shape index (κ1) is 26.9. The van der Waals surface area contributed by atoms with Gasteiger partial charge < -0.3 is 21.1 Å². The average Bonchev–Trinajstić information content (AvgIpc) is 2.95. The fourth-order valence-corrected chi connectivity index (χ4v) is 8.99. The summed E-state index contributed by atoms with van der Waals surface area (Å²) in [5.74, 6) is 4.27. The molecule has 5 aliphatic carbocycles. The van der Waals surface area contributed by atoms with E-state index in [0.29, 0.717) is 35.3 Å². The van der Waals surface area contributed by atoms with Crippen molar-refractivity contribution < 1.29 is 5.11 Å². The first-order valence-electron chi connectivity index (χ1n) is 14.8.